The Kier molecular flexibility index (Phi) is 7.32. The molecule has 14 heteroatoms. The second-order valence-electron chi connectivity index (χ2n) is 10.0. The number of nitrogens with zero attached hydrogens (tertiary/aromatic N) is 7. The summed E-state index contributed by atoms with van der Waals surface area (Å²) in [4.78, 5) is 30.4. The van der Waals surface area contributed by atoms with Gasteiger partial charge in [0.25, 0.3) is 0 Å². The lowest BCUT2D eigenvalue weighted by Gasteiger charge is -2.32. The van der Waals surface area contributed by atoms with E-state index in [-0.39, 0.29) is 40.8 Å². The molecule has 0 radical (unpaired) electrons. The van der Waals surface area contributed by atoms with Crippen LogP contribution in [-0.2, 0) is 4.79 Å². The van der Waals surface area contributed by atoms with E-state index in [0.717, 1.165) is 0 Å². The summed E-state index contributed by atoms with van der Waals surface area (Å²) in [6, 6.07) is 10.6. The summed E-state index contributed by atoms with van der Waals surface area (Å²) in [7, 11) is -1.22. The maximum absolute atomic E-state index is 15.4. The Bertz CT molecular complexity index is 1970. The number of fused-ring (bicyclic) bond motifs is 1. The molecular weight excluding hydrogens is 581 g/mol. The van der Waals surface area contributed by atoms with Crippen LogP contribution in [0, 0.1) is 5.82 Å². The van der Waals surface area contributed by atoms with Crippen molar-refractivity contribution >= 4 is 34.0 Å². The van der Waals surface area contributed by atoms with E-state index in [2.05, 4.69) is 42.2 Å². The average Bonchev–Trinajstić information content (AvgIpc) is 3.54. The van der Waals surface area contributed by atoms with Gasteiger partial charge in [0.05, 0.1) is 35.2 Å². The lowest BCUT2D eigenvalue weighted by molar-refractivity contribution is -0.126. The van der Waals surface area contributed by atoms with Crippen LogP contribution in [0.1, 0.15) is 17.0 Å². The van der Waals surface area contributed by atoms with Gasteiger partial charge in [-0.2, -0.15) is 0 Å². The molecule has 2 aromatic carbocycles. The van der Waals surface area contributed by atoms with Gasteiger partial charge in [-0.25, -0.2) is 29.0 Å². The fourth-order valence-electron chi connectivity index (χ4n) is 4.94. The number of aromatic nitrogens is 6. The molecule has 3 aromatic heterocycles. The topological polar surface area (TPSA) is 141 Å². The molecule has 0 saturated carbocycles. The summed E-state index contributed by atoms with van der Waals surface area (Å²) < 4.78 is 56.0. The van der Waals surface area contributed by atoms with Gasteiger partial charge >= 0.3 is 0 Å². The van der Waals surface area contributed by atoms with E-state index in [9.17, 15) is 4.79 Å². The molecule has 2 N–H and O–H groups in total. The predicted octanol–water partition coefficient (Wildman–Crippen LogP) is 4.89. The fraction of sp³-hybridized carbons (Fsp3) is 0.226. The first-order valence-corrected chi connectivity index (χ1v) is 13.9. The molecule has 13 nitrogen and oxygen atoms in total. The van der Waals surface area contributed by atoms with Crippen LogP contribution in [0.5, 0.6) is 23.3 Å². The zero-order chi connectivity index (χ0) is 33.8. The first-order chi connectivity index (χ1) is 23.1. The van der Waals surface area contributed by atoms with Gasteiger partial charge in [0.2, 0.25) is 17.7 Å². The second kappa shape index (κ2) is 12.8. The van der Waals surface area contributed by atoms with E-state index >= 15 is 4.39 Å². The molecule has 0 atom stereocenters. The van der Waals surface area contributed by atoms with E-state index in [0.29, 0.717) is 54.2 Å². The second-order valence-corrected chi connectivity index (χ2v) is 10.0. The molecule has 230 valence electrons. The molecular formula is C31H30FN9O4. The van der Waals surface area contributed by atoms with Crippen molar-refractivity contribution in [2.75, 3.05) is 37.9 Å². The van der Waals surface area contributed by atoms with E-state index in [1.54, 1.807) is 35.4 Å². The van der Waals surface area contributed by atoms with Crippen LogP contribution < -0.4 is 24.8 Å². The lowest BCUT2D eigenvalue weighted by Crippen LogP contribution is -2.41. The highest BCUT2D eigenvalue weighted by molar-refractivity contribution is 5.95. The number of ether oxygens (including phenoxy) is 3. The highest BCUT2D eigenvalue weighted by Gasteiger charge is 2.23. The van der Waals surface area contributed by atoms with Crippen molar-refractivity contribution in [1.82, 2.24) is 34.6 Å². The van der Waals surface area contributed by atoms with Crippen LogP contribution in [0.4, 0.5) is 21.6 Å². The van der Waals surface area contributed by atoms with Gasteiger partial charge < -0.3 is 29.7 Å². The fourth-order valence-corrected chi connectivity index (χ4v) is 4.94. The van der Waals surface area contributed by atoms with Gasteiger partial charge in [0.15, 0.2) is 5.82 Å². The standard InChI is InChI=1S/C31H30FN9O4/c1-4-30(42)40-10-7-19(8-11-40)37-25-14-21-24(15-26(25)43-2)33-17-36-31(21)38-23-6-5-20(13-22(23)32)45-28-9-12-41(39-28)27-16-29(44-3)35-18-34-27/h4-6,9,12-19,37H,1,7-8,10-11H2,2-3H3,(H,33,36,38)/i2D3. The van der Waals surface area contributed by atoms with E-state index in [1.165, 1.54) is 48.7 Å². The molecule has 45 heavy (non-hydrogen) atoms. The van der Waals surface area contributed by atoms with Crippen molar-refractivity contribution in [3.05, 3.63) is 79.8 Å². The number of piperidine rings is 1. The molecule has 0 spiro atoms. The van der Waals surface area contributed by atoms with Crippen LogP contribution >= 0.6 is 0 Å². The van der Waals surface area contributed by atoms with Crippen LogP contribution in [0.2, 0.25) is 0 Å². The molecule has 1 amide bonds. The van der Waals surface area contributed by atoms with Crippen LogP contribution in [0.15, 0.2) is 74.0 Å². The van der Waals surface area contributed by atoms with Crippen molar-refractivity contribution < 1.29 is 27.5 Å². The van der Waals surface area contributed by atoms with E-state index in [4.69, 9.17) is 18.3 Å². The molecule has 1 saturated heterocycles. The number of hydrogen-bond donors (Lipinski definition) is 2. The molecule has 0 unspecified atom stereocenters. The van der Waals surface area contributed by atoms with Crippen LogP contribution in [0.3, 0.4) is 0 Å². The van der Waals surface area contributed by atoms with Crippen molar-refractivity contribution in [3.8, 4) is 29.1 Å². The van der Waals surface area contributed by atoms with Gasteiger partial charge in [-0.1, -0.05) is 6.58 Å². The van der Waals surface area contributed by atoms with Crippen molar-refractivity contribution in [2.45, 2.75) is 18.9 Å². The summed E-state index contributed by atoms with van der Waals surface area (Å²) >= 11 is 0. The Balaban J connectivity index is 1.22. The zero-order valence-corrected chi connectivity index (χ0v) is 24.1. The monoisotopic (exact) mass is 614 g/mol. The Morgan fingerprint density at radius 2 is 1.89 bits per heavy atom. The van der Waals surface area contributed by atoms with E-state index < -0.39 is 12.9 Å². The molecule has 1 aliphatic heterocycles. The third-order valence-corrected chi connectivity index (χ3v) is 7.24. The number of carbonyl (C=O) groups excluding carboxylic acids is 1. The maximum Gasteiger partial charge on any atom is 0.245 e. The third kappa shape index (κ3) is 6.44. The summed E-state index contributed by atoms with van der Waals surface area (Å²) in [5, 5.41) is 11.2. The van der Waals surface area contributed by atoms with Crippen molar-refractivity contribution in [3.63, 3.8) is 0 Å². The maximum atomic E-state index is 15.4. The number of nitrogens with one attached hydrogen (secondary N) is 2. The summed E-state index contributed by atoms with van der Waals surface area (Å²) in [6.07, 6.45) is 6.79. The summed E-state index contributed by atoms with van der Waals surface area (Å²) in [6.45, 7) is 4.57. The largest absolute Gasteiger partial charge is 0.495 e. The van der Waals surface area contributed by atoms with Gasteiger partial charge in [-0.3, -0.25) is 4.79 Å². The highest BCUT2D eigenvalue weighted by atomic mass is 19.1. The molecule has 0 aliphatic carbocycles. The Morgan fingerprint density at radius 3 is 2.67 bits per heavy atom. The molecule has 6 rings (SSSR count). The van der Waals surface area contributed by atoms with Gasteiger partial charge in [-0.05, 0) is 37.1 Å². The Hall–Kier alpha value is -5.79. The summed E-state index contributed by atoms with van der Waals surface area (Å²) in [5.74, 6) is 0.835. The zero-order valence-electron chi connectivity index (χ0n) is 27.1. The molecule has 4 heterocycles. The number of benzene rings is 2. The lowest BCUT2D eigenvalue weighted by atomic mass is 10.0. The Labute approximate surface area is 261 Å². The van der Waals surface area contributed by atoms with Crippen LogP contribution in [0.25, 0.3) is 16.7 Å². The number of carbonyl (C=O) groups is 1. The average molecular weight is 615 g/mol. The van der Waals surface area contributed by atoms with Gasteiger partial charge in [0, 0.05) is 55.0 Å². The number of hydrogen-bond acceptors (Lipinski definition) is 11. The van der Waals surface area contributed by atoms with Crippen LogP contribution in [-0.4, -0.2) is 73.8 Å². The first-order valence-electron chi connectivity index (χ1n) is 15.4. The normalized spacial score (nSPS) is 14.6. The molecule has 1 fully saturated rings. The minimum absolute atomic E-state index is 0.0727. The minimum Gasteiger partial charge on any atom is -0.495 e. The number of likely N-dealkylation sites (tertiary alicyclic amines) is 1. The quantitative estimate of drug-likeness (QED) is 0.208. The number of halogens is 1. The molecule has 1 aliphatic rings. The molecule has 0 bridgehead atoms. The van der Waals surface area contributed by atoms with Gasteiger partial charge in [-0.15, -0.1) is 5.10 Å². The number of amides is 1. The first kappa shape index (κ1) is 25.7. The third-order valence-electron chi connectivity index (χ3n) is 7.24. The van der Waals surface area contributed by atoms with Crippen molar-refractivity contribution in [2.24, 2.45) is 0 Å². The minimum atomic E-state index is -2.72. The SMILES string of the molecule is [2H]C([2H])([2H])Oc1cc2ncnc(Nc3ccc(Oc4ccn(-c5cc(OC)ncn5)n4)cc3F)c2cc1NC1CCN(C(=O)C=C)CC1. The predicted molar refractivity (Wildman–Crippen MR) is 165 cm³/mol. The van der Waals surface area contributed by atoms with E-state index in [1.807, 2.05) is 0 Å². The highest BCUT2D eigenvalue weighted by Crippen LogP contribution is 2.35. The number of anilines is 3. The summed E-state index contributed by atoms with van der Waals surface area (Å²) in [5.41, 5.74) is 0.882. The van der Waals surface area contributed by atoms with Gasteiger partial charge in [0.1, 0.15) is 35.8 Å². The smallest absolute Gasteiger partial charge is 0.245 e. The number of methoxy groups -OCH3 is 2. The van der Waals surface area contributed by atoms with Crippen molar-refractivity contribution in [1.29, 1.82) is 0 Å². The molecule has 5 aromatic rings. The Morgan fingerprint density at radius 1 is 1.04 bits per heavy atom. The number of rotatable bonds is 10.